The average molecular weight is 480 g/mol. The van der Waals surface area contributed by atoms with Crippen molar-refractivity contribution in [3.63, 3.8) is 0 Å². The van der Waals surface area contributed by atoms with E-state index in [-0.39, 0.29) is 6.54 Å². The number of esters is 1. The topological polar surface area (TPSA) is 106 Å². The Balaban J connectivity index is 1.44. The highest BCUT2D eigenvalue weighted by Gasteiger charge is 2.09. The minimum absolute atomic E-state index is 0.247. The van der Waals surface area contributed by atoms with Crippen LogP contribution in [0.5, 0.6) is 11.5 Å². The van der Waals surface area contributed by atoms with Crippen molar-refractivity contribution in [2.45, 2.75) is 6.92 Å². The molecule has 3 aromatic rings. The fourth-order valence-electron chi connectivity index (χ4n) is 2.75. The summed E-state index contributed by atoms with van der Waals surface area (Å²) in [4.78, 5) is 36.1. The number of amides is 2. The molecule has 0 atom stereocenters. The summed E-state index contributed by atoms with van der Waals surface area (Å²) in [6, 6.07) is 19.7. The van der Waals surface area contributed by atoms with Crippen molar-refractivity contribution in [2.24, 2.45) is 5.10 Å². The van der Waals surface area contributed by atoms with Crippen LogP contribution in [0, 0.1) is 0 Å². The molecule has 2 amide bonds. The SMILES string of the molecule is CCOc1ccc(C(=O)Oc2ccc(/C=N/NC(=O)CNC(=O)c3cccc(Cl)c3)cc2)cc1. The lowest BCUT2D eigenvalue weighted by atomic mass is 10.2. The van der Waals surface area contributed by atoms with Crippen molar-refractivity contribution >= 4 is 35.6 Å². The summed E-state index contributed by atoms with van der Waals surface area (Å²) < 4.78 is 10.7. The van der Waals surface area contributed by atoms with E-state index < -0.39 is 17.8 Å². The van der Waals surface area contributed by atoms with E-state index in [2.05, 4.69) is 15.8 Å². The van der Waals surface area contributed by atoms with Crippen molar-refractivity contribution in [1.82, 2.24) is 10.7 Å². The number of hydrazone groups is 1. The number of halogens is 1. The minimum atomic E-state index is -0.493. The molecule has 0 bridgehead atoms. The van der Waals surface area contributed by atoms with E-state index >= 15 is 0 Å². The van der Waals surface area contributed by atoms with Crippen molar-refractivity contribution in [2.75, 3.05) is 13.2 Å². The molecule has 34 heavy (non-hydrogen) atoms. The van der Waals surface area contributed by atoms with Gasteiger partial charge in [-0.2, -0.15) is 5.10 Å². The van der Waals surface area contributed by atoms with E-state index in [1.54, 1.807) is 66.7 Å². The molecule has 0 aliphatic carbocycles. The van der Waals surface area contributed by atoms with Crippen LogP contribution in [0.15, 0.2) is 77.9 Å². The summed E-state index contributed by atoms with van der Waals surface area (Å²) in [6.07, 6.45) is 1.43. The second-order valence-electron chi connectivity index (χ2n) is 6.90. The Kier molecular flexibility index (Phi) is 8.76. The van der Waals surface area contributed by atoms with Gasteiger partial charge in [-0.25, -0.2) is 10.2 Å². The Morgan fingerprint density at radius 3 is 2.32 bits per heavy atom. The van der Waals surface area contributed by atoms with E-state index in [1.165, 1.54) is 12.3 Å². The van der Waals surface area contributed by atoms with Gasteiger partial charge in [-0.15, -0.1) is 0 Å². The van der Waals surface area contributed by atoms with E-state index in [9.17, 15) is 14.4 Å². The molecule has 0 spiro atoms. The van der Waals surface area contributed by atoms with Gasteiger partial charge in [0.1, 0.15) is 11.5 Å². The van der Waals surface area contributed by atoms with Crippen LogP contribution in [0.25, 0.3) is 0 Å². The summed E-state index contributed by atoms with van der Waals surface area (Å²) in [5, 5.41) is 6.76. The number of hydrogen-bond donors (Lipinski definition) is 2. The van der Waals surface area contributed by atoms with Gasteiger partial charge in [0.2, 0.25) is 0 Å². The molecule has 9 heteroatoms. The second-order valence-corrected chi connectivity index (χ2v) is 7.34. The molecular formula is C25H22ClN3O5. The smallest absolute Gasteiger partial charge is 0.343 e. The van der Waals surface area contributed by atoms with Crippen molar-refractivity contribution in [1.29, 1.82) is 0 Å². The first kappa shape index (κ1) is 24.5. The van der Waals surface area contributed by atoms with Crippen molar-refractivity contribution in [3.05, 3.63) is 94.5 Å². The maximum Gasteiger partial charge on any atom is 0.343 e. The van der Waals surface area contributed by atoms with Gasteiger partial charge in [0.05, 0.1) is 24.9 Å². The van der Waals surface area contributed by atoms with E-state index in [0.717, 1.165) is 0 Å². The fourth-order valence-corrected chi connectivity index (χ4v) is 2.94. The summed E-state index contributed by atoms with van der Waals surface area (Å²) in [7, 11) is 0. The first-order valence-electron chi connectivity index (χ1n) is 10.4. The molecule has 0 fully saturated rings. The lowest BCUT2D eigenvalue weighted by molar-refractivity contribution is -0.120. The molecule has 0 aliphatic rings. The summed E-state index contributed by atoms with van der Waals surface area (Å²) >= 11 is 5.85. The number of ether oxygens (including phenoxy) is 2. The molecule has 0 saturated heterocycles. The van der Waals surface area contributed by atoms with Crippen LogP contribution in [0.1, 0.15) is 33.2 Å². The maximum absolute atomic E-state index is 12.3. The van der Waals surface area contributed by atoms with Crippen LogP contribution in [-0.4, -0.2) is 37.1 Å². The highest BCUT2D eigenvalue weighted by molar-refractivity contribution is 6.31. The zero-order chi connectivity index (χ0) is 24.3. The lowest BCUT2D eigenvalue weighted by Crippen LogP contribution is -2.34. The van der Waals surface area contributed by atoms with Crippen LogP contribution in [0.2, 0.25) is 5.02 Å². The quantitative estimate of drug-likeness (QED) is 0.210. The molecule has 8 nitrogen and oxygen atoms in total. The molecule has 0 aromatic heterocycles. The zero-order valence-corrected chi connectivity index (χ0v) is 19.0. The fraction of sp³-hybridized carbons (Fsp3) is 0.120. The average Bonchev–Trinajstić information content (AvgIpc) is 2.84. The Morgan fingerprint density at radius 2 is 1.65 bits per heavy atom. The number of carbonyl (C=O) groups excluding carboxylic acids is 3. The summed E-state index contributed by atoms with van der Waals surface area (Å²) in [5.41, 5.74) is 3.75. The molecule has 0 radical (unpaired) electrons. The van der Waals surface area contributed by atoms with Gasteiger partial charge in [0, 0.05) is 10.6 Å². The molecule has 3 aromatic carbocycles. The molecule has 174 valence electrons. The molecule has 0 unspecified atom stereocenters. The van der Waals surface area contributed by atoms with Gasteiger partial charge in [0.25, 0.3) is 11.8 Å². The number of benzene rings is 3. The molecule has 0 heterocycles. The first-order chi connectivity index (χ1) is 16.4. The van der Waals surface area contributed by atoms with Crippen LogP contribution in [0.4, 0.5) is 0 Å². The summed E-state index contributed by atoms with van der Waals surface area (Å²) in [6.45, 7) is 2.18. The number of nitrogens with zero attached hydrogens (tertiary/aromatic N) is 1. The molecule has 3 rings (SSSR count). The van der Waals surface area contributed by atoms with Crippen molar-refractivity contribution < 1.29 is 23.9 Å². The Bertz CT molecular complexity index is 1180. The Hall–Kier alpha value is -4.17. The van der Waals surface area contributed by atoms with Gasteiger partial charge < -0.3 is 14.8 Å². The van der Waals surface area contributed by atoms with Crippen LogP contribution >= 0.6 is 11.6 Å². The van der Waals surface area contributed by atoms with Crippen molar-refractivity contribution in [3.8, 4) is 11.5 Å². The van der Waals surface area contributed by atoms with Crippen LogP contribution in [-0.2, 0) is 4.79 Å². The zero-order valence-electron chi connectivity index (χ0n) is 18.3. The Morgan fingerprint density at radius 1 is 0.941 bits per heavy atom. The third kappa shape index (κ3) is 7.46. The monoisotopic (exact) mass is 479 g/mol. The molecule has 0 aliphatic heterocycles. The van der Waals surface area contributed by atoms with Gasteiger partial charge in [-0.1, -0.05) is 17.7 Å². The van der Waals surface area contributed by atoms with E-state index in [4.69, 9.17) is 21.1 Å². The van der Waals surface area contributed by atoms with Gasteiger partial charge in [-0.3, -0.25) is 9.59 Å². The van der Waals surface area contributed by atoms with Gasteiger partial charge >= 0.3 is 5.97 Å². The largest absolute Gasteiger partial charge is 0.494 e. The standard InChI is InChI=1S/C25H22ClN3O5/c1-2-33-21-12-8-18(9-13-21)25(32)34-22-10-6-17(7-11-22)15-28-29-23(30)16-27-24(31)19-4-3-5-20(26)14-19/h3-15H,2,16H2,1H3,(H,27,31)(H,29,30)/b28-15+. The third-order valence-corrected chi connectivity index (χ3v) is 4.63. The third-order valence-electron chi connectivity index (χ3n) is 4.39. The van der Waals surface area contributed by atoms with Crippen LogP contribution in [0.3, 0.4) is 0 Å². The minimum Gasteiger partial charge on any atom is -0.494 e. The number of carbonyl (C=O) groups is 3. The Labute approximate surface area is 201 Å². The molecule has 2 N–H and O–H groups in total. The predicted octanol–water partition coefficient (Wildman–Crippen LogP) is 3.84. The highest BCUT2D eigenvalue weighted by atomic mass is 35.5. The van der Waals surface area contributed by atoms with Gasteiger partial charge in [0.15, 0.2) is 0 Å². The normalized spacial score (nSPS) is 10.5. The van der Waals surface area contributed by atoms with E-state index in [1.807, 2.05) is 6.92 Å². The number of nitrogens with one attached hydrogen (secondary N) is 2. The molecule has 0 saturated carbocycles. The van der Waals surface area contributed by atoms with E-state index in [0.29, 0.717) is 39.8 Å². The van der Waals surface area contributed by atoms with Crippen LogP contribution < -0.4 is 20.2 Å². The first-order valence-corrected chi connectivity index (χ1v) is 10.7. The number of rotatable bonds is 9. The summed E-state index contributed by atoms with van der Waals surface area (Å²) in [5.74, 6) is -0.358. The number of hydrogen-bond acceptors (Lipinski definition) is 6. The van der Waals surface area contributed by atoms with Gasteiger partial charge in [-0.05, 0) is 79.2 Å². The second kappa shape index (κ2) is 12.2. The maximum atomic E-state index is 12.3. The molecular weight excluding hydrogens is 458 g/mol. The predicted molar refractivity (Wildman–Crippen MR) is 129 cm³/mol. The lowest BCUT2D eigenvalue weighted by Gasteiger charge is -2.06. The highest BCUT2D eigenvalue weighted by Crippen LogP contribution is 2.16.